The zero-order chi connectivity index (χ0) is 14.7. The third-order valence-electron chi connectivity index (χ3n) is 3.70. The van der Waals surface area contributed by atoms with E-state index >= 15 is 0 Å². The van der Waals surface area contributed by atoms with Gasteiger partial charge in [-0.2, -0.15) is 4.68 Å². The second kappa shape index (κ2) is 6.00. The number of likely N-dealkylation sites (N-methyl/N-ethyl adjacent to an activating group) is 1. The smallest absolute Gasteiger partial charge is 0.389 e. The van der Waals surface area contributed by atoms with E-state index in [2.05, 4.69) is 5.10 Å². The first-order valence-electron chi connectivity index (χ1n) is 6.60. The minimum atomic E-state index is -0.602. The maximum atomic E-state index is 12.1. The van der Waals surface area contributed by atoms with Crippen molar-refractivity contribution in [2.75, 3.05) is 7.05 Å². The Hall–Kier alpha value is -1.96. The number of nitrogens with zero attached hydrogens (tertiary/aromatic N) is 4. The lowest BCUT2D eigenvalue weighted by Gasteiger charge is -2.35. The number of aliphatic hydroxyl groups is 1. The van der Waals surface area contributed by atoms with E-state index in [1.807, 2.05) is 0 Å². The average molecular weight is 282 g/mol. The molecule has 8 heteroatoms. The number of aliphatic hydroxyl groups excluding tert-OH is 1. The van der Waals surface area contributed by atoms with E-state index in [4.69, 9.17) is 0 Å². The maximum Gasteiger partial charge on any atom is 0.389 e. The Morgan fingerprint density at radius 2 is 2.30 bits per heavy atom. The Bertz CT molecular complexity index is 501. The molecule has 1 heterocycles. The fourth-order valence-electron chi connectivity index (χ4n) is 2.51. The van der Waals surface area contributed by atoms with Crippen LogP contribution in [0.3, 0.4) is 0 Å². The van der Waals surface area contributed by atoms with Crippen molar-refractivity contribution in [3.63, 3.8) is 0 Å². The molecule has 0 aliphatic heterocycles. The van der Waals surface area contributed by atoms with Crippen LogP contribution >= 0.6 is 0 Å². The quantitative estimate of drug-likeness (QED) is 0.642. The second-order valence-corrected chi connectivity index (χ2v) is 5.05. The molecule has 1 aliphatic rings. The molecule has 0 radical (unpaired) electrons. The Balaban J connectivity index is 1.97. The highest BCUT2D eigenvalue weighted by atomic mass is 16.6. The van der Waals surface area contributed by atoms with Crippen molar-refractivity contribution in [3.8, 4) is 0 Å². The number of rotatable bonds is 4. The van der Waals surface area contributed by atoms with Crippen LogP contribution in [-0.4, -0.2) is 49.8 Å². The van der Waals surface area contributed by atoms with Gasteiger partial charge < -0.3 is 20.1 Å². The number of aromatic nitrogens is 2. The highest BCUT2D eigenvalue weighted by Crippen LogP contribution is 2.22. The van der Waals surface area contributed by atoms with Gasteiger partial charge in [-0.05, 0) is 17.8 Å². The molecule has 1 saturated carbocycles. The number of hydrogen-bond donors (Lipinski definition) is 1. The van der Waals surface area contributed by atoms with Crippen molar-refractivity contribution in [2.45, 2.75) is 44.4 Å². The van der Waals surface area contributed by atoms with Crippen LogP contribution in [0.2, 0.25) is 0 Å². The van der Waals surface area contributed by atoms with Gasteiger partial charge >= 0.3 is 5.82 Å². The number of nitro groups is 1. The summed E-state index contributed by atoms with van der Waals surface area (Å²) in [4.78, 5) is 23.6. The summed E-state index contributed by atoms with van der Waals surface area (Å²) >= 11 is 0. The van der Waals surface area contributed by atoms with Gasteiger partial charge in [0.15, 0.2) is 0 Å². The van der Waals surface area contributed by atoms with Gasteiger partial charge in [-0.1, -0.05) is 12.8 Å². The van der Waals surface area contributed by atoms with E-state index in [9.17, 15) is 20.0 Å². The summed E-state index contributed by atoms with van der Waals surface area (Å²) < 4.78 is 1.24. The largest absolute Gasteiger partial charge is 0.391 e. The minimum absolute atomic E-state index is 0.0619. The SMILES string of the molecule is CN(C(=O)Cn1ccc([N+](=O)[O-])n1)C1CCCCC1O. The van der Waals surface area contributed by atoms with Crippen LogP contribution in [-0.2, 0) is 11.3 Å². The maximum absolute atomic E-state index is 12.1. The Labute approximate surface area is 116 Å². The molecular weight excluding hydrogens is 264 g/mol. The van der Waals surface area contributed by atoms with Gasteiger partial charge in [0, 0.05) is 7.05 Å². The molecule has 2 atom stereocenters. The Morgan fingerprint density at radius 3 is 2.90 bits per heavy atom. The lowest BCUT2D eigenvalue weighted by Crippen LogP contribution is -2.47. The molecule has 1 aromatic rings. The van der Waals surface area contributed by atoms with Crippen LogP contribution in [0.4, 0.5) is 5.82 Å². The standard InChI is InChI=1S/C12H18N4O4/c1-14(9-4-2-3-5-10(9)17)12(18)8-15-7-6-11(13-15)16(19)20/h6-7,9-10,17H,2-5,8H2,1H3. The first-order chi connectivity index (χ1) is 9.49. The first kappa shape index (κ1) is 14.4. The summed E-state index contributed by atoms with van der Waals surface area (Å²) in [7, 11) is 1.65. The van der Waals surface area contributed by atoms with Crippen LogP contribution in [0.5, 0.6) is 0 Å². The van der Waals surface area contributed by atoms with Crippen molar-refractivity contribution in [1.29, 1.82) is 0 Å². The molecule has 8 nitrogen and oxygen atoms in total. The molecule has 110 valence electrons. The average Bonchev–Trinajstić information content (AvgIpc) is 2.87. The van der Waals surface area contributed by atoms with Crippen LogP contribution in [0, 0.1) is 10.1 Å². The summed E-state index contributed by atoms with van der Waals surface area (Å²) in [5.41, 5.74) is 0. The number of hydrogen-bond acceptors (Lipinski definition) is 5. The van der Waals surface area contributed by atoms with Gasteiger partial charge in [0.1, 0.15) is 6.54 Å². The first-order valence-corrected chi connectivity index (χ1v) is 6.60. The zero-order valence-electron chi connectivity index (χ0n) is 11.3. The molecule has 0 bridgehead atoms. The summed E-state index contributed by atoms with van der Waals surface area (Å²) in [6, 6.07) is 1.07. The number of amides is 1. The van der Waals surface area contributed by atoms with Crippen molar-refractivity contribution in [2.24, 2.45) is 0 Å². The summed E-state index contributed by atoms with van der Waals surface area (Å²) in [6.45, 7) is -0.0619. The van der Waals surface area contributed by atoms with E-state index in [1.165, 1.54) is 21.8 Å². The van der Waals surface area contributed by atoms with E-state index in [1.54, 1.807) is 7.05 Å². The van der Waals surface area contributed by atoms with Crippen LogP contribution in [0.25, 0.3) is 0 Å². The second-order valence-electron chi connectivity index (χ2n) is 5.05. The molecule has 1 fully saturated rings. The molecule has 2 rings (SSSR count). The molecule has 1 N–H and O–H groups in total. The molecule has 1 aliphatic carbocycles. The fraction of sp³-hybridized carbons (Fsp3) is 0.667. The zero-order valence-corrected chi connectivity index (χ0v) is 11.3. The topological polar surface area (TPSA) is 102 Å². The predicted octanol–water partition coefficient (Wildman–Crippen LogP) is 0.553. The highest BCUT2D eigenvalue weighted by molar-refractivity contribution is 5.76. The van der Waals surface area contributed by atoms with Gasteiger partial charge in [0.25, 0.3) is 0 Å². The van der Waals surface area contributed by atoms with Crippen LogP contribution < -0.4 is 0 Å². The normalized spacial score (nSPS) is 22.5. The van der Waals surface area contributed by atoms with Crippen molar-refractivity contribution in [3.05, 3.63) is 22.4 Å². The van der Waals surface area contributed by atoms with Crippen molar-refractivity contribution < 1.29 is 14.8 Å². The van der Waals surface area contributed by atoms with Gasteiger partial charge in [-0.25, -0.2) is 0 Å². The number of carbonyl (C=O) groups is 1. The Kier molecular flexibility index (Phi) is 4.33. The lowest BCUT2D eigenvalue weighted by atomic mass is 9.91. The minimum Gasteiger partial charge on any atom is -0.391 e. The van der Waals surface area contributed by atoms with Gasteiger partial charge in [-0.3, -0.25) is 4.79 Å². The van der Waals surface area contributed by atoms with E-state index in [0.717, 1.165) is 19.3 Å². The summed E-state index contributed by atoms with van der Waals surface area (Å²) in [5.74, 6) is -0.493. The highest BCUT2D eigenvalue weighted by Gasteiger charge is 2.29. The molecule has 0 spiro atoms. The van der Waals surface area contributed by atoms with E-state index < -0.39 is 11.0 Å². The lowest BCUT2D eigenvalue weighted by molar-refractivity contribution is -0.389. The Morgan fingerprint density at radius 1 is 1.60 bits per heavy atom. The molecule has 0 aromatic carbocycles. The van der Waals surface area contributed by atoms with Gasteiger partial charge in [0.05, 0.1) is 29.5 Å². The van der Waals surface area contributed by atoms with E-state index in [-0.39, 0.29) is 24.3 Å². The van der Waals surface area contributed by atoms with Crippen LogP contribution in [0.1, 0.15) is 25.7 Å². The molecule has 1 amide bonds. The van der Waals surface area contributed by atoms with Gasteiger partial charge in [-0.15, -0.1) is 0 Å². The molecule has 2 unspecified atom stereocenters. The summed E-state index contributed by atoms with van der Waals surface area (Å²) in [5, 5.41) is 24.2. The molecule has 20 heavy (non-hydrogen) atoms. The fourth-order valence-corrected chi connectivity index (χ4v) is 2.51. The van der Waals surface area contributed by atoms with E-state index in [0.29, 0.717) is 6.42 Å². The molecule has 1 aromatic heterocycles. The summed E-state index contributed by atoms with van der Waals surface area (Å²) in [6.07, 6.45) is 4.36. The van der Waals surface area contributed by atoms with Crippen LogP contribution in [0.15, 0.2) is 12.3 Å². The monoisotopic (exact) mass is 282 g/mol. The van der Waals surface area contributed by atoms with Crippen molar-refractivity contribution >= 4 is 11.7 Å². The molecular formula is C12H18N4O4. The molecule has 0 saturated heterocycles. The number of carbonyl (C=O) groups excluding carboxylic acids is 1. The third-order valence-corrected chi connectivity index (χ3v) is 3.70. The van der Waals surface area contributed by atoms with Gasteiger partial charge in [0.2, 0.25) is 5.91 Å². The van der Waals surface area contributed by atoms with Crippen molar-refractivity contribution in [1.82, 2.24) is 14.7 Å². The third kappa shape index (κ3) is 3.13. The predicted molar refractivity (Wildman–Crippen MR) is 69.9 cm³/mol.